The highest BCUT2D eigenvalue weighted by Gasteiger charge is 2.04. The van der Waals surface area contributed by atoms with Crippen LogP contribution in [0.1, 0.15) is 64.7 Å². The number of rotatable bonds is 14. The van der Waals surface area contributed by atoms with Crippen LogP contribution in [0.4, 0.5) is 0 Å². The first-order valence-corrected chi connectivity index (χ1v) is 9.00. The second-order valence-corrected chi connectivity index (χ2v) is 6.02. The van der Waals surface area contributed by atoms with Crippen molar-refractivity contribution in [1.29, 1.82) is 0 Å². The van der Waals surface area contributed by atoms with Gasteiger partial charge in [-0.15, -0.1) is 0 Å². The highest BCUT2D eigenvalue weighted by molar-refractivity contribution is 5.80. The molecule has 0 aliphatic heterocycles. The van der Waals surface area contributed by atoms with E-state index < -0.39 is 5.97 Å². The van der Waals surface area contributed by atoms with Crippen LogP contribution in [0.2, 0.25) is 0 Å². The van der Waals surface area contributed by atoms with Crippen molar-refractivity contribution < 1.29 is 25.2 Å². The largest absolute Gasteiger partial charge is 0.508 e. The van der Waals surface area contributed by atoms with Crippen molar-refractivity contribution in [1.82, 2.24) is 0 Å². The van der Waals surface area contributed by atoms with Crippen LogP contribution in [0, 0.1) is 0 Å². The van der Waals surface area contributed by atoms with Gasteiger partial charge in [0.1, 0.15) is 5.76 Å². The minimum absolute atomic E-state index is 0.0609. The van der Waals surface area contributed by atoms with E-state index in [2.05, 4.69) is 6.92 Å². The number of aliphatic hydroxyl groups excluding tert-OH is 3. The third-order valence-electron chi connectivity index (χ3n) is 3.71. The number of hydrogen-bond acceptors (Lipinski definition) is 4. The number of carboxylic acids is 1. The first-order valence-electron chi connectivity index (χ1n) is 9.00. The minimum Gasteiger partial charge on any atom is -0.508 e. The molecule has 0 aliphatic carbocycles. The Morgan fingerprint density at radius 1 is 0.840 bits per heavy atom. The van der Waals surface area contributed by atoms with E-state index in [0.29, 0.717) is 6.42 Å². The van der Waals surface area contributed by atoms with Crippen molar-refractivity contribution in [2.24, 2.45) is 0 Å². The summed E-state index contributed by atoms with van der Waals surface area (Å²) >= 11 is 0. The number of unbranched alkanes of at least 4 members (excludes halogenated alkanes) is 4. The molecule has 0 rings (SSSR count). The number of hydrogen-bond donors (Lipinski definition) is 4. The Kier molecular flexibility index (Phi) is 14.3. The van der Waals surface area contributed by atoms with Gasteiger partial charge in [0, 0.05) is 12.5 Å². The van der Waals surface area contributed by atoms with Gasteiger partial charge in [0.25, 0.3) is 0 Å². The molecule has 0 heterocycles. The zero-order valence-electron chi connectivity index (χ0n) is 15.1. The average Bonchev–Trinajstić information content (AvgIpc) is 2.57. The molecule has 0 spiro atoms. The minimum atomic E-state index is -1.03. The number of carbonyl (C=O) groups is 1. The normalized spacial score (nSPS) is 14.5. The molecule has 0 saturated heterocycles. The molecule has 0 aromatic rings. The van der Waals surface area contributed by atoms with Gasteiger partial charge in [0.2, 0.25) is 0 Å². The second-order valence-electron chi connectivity index (χ2n) is 6.02. The lowest BCUT2D eigenvalue weighted by molar-refractivity contribution is -0.131. The molecule has 25 heavy (non-hydrogen) atoms. The van der Waals surface area contributed by atoms with Crippen LogP contribution < -0.4 is 0 Å². The molecule has 142 valence electrons. The molecule has 0 aliphatic rings. The van der Waals surface area contributed by atoms with Crippen molar-refractivity contribution in [2.75, 3.05) is 0 Å². The van der Waals surface area contributed by atoms with Crippen molar-refractivity contribution in [3.63, 3.8) is 0 Å². The summed E-state index contributed by atoms with van der Waals surface area (Å²) in [5, 5.41) is 37.6. The summed E-state index contributed by atoms with van der Waals surface area (Å²) in [4.78, 5) is 10.2. The van der Waals surface area contributed by atoms with Gasteiger partial charge in [0.05, 0.1) is 6.10 Å². The first-order chi connectivity index (χ1) is 12.0. The maximum atomic E-state index is 10.2. The third-order valence-corrected chi connectivity index (χ3v) is 3.71. The second kappa shape index (κ2) is 15.5. The summed E-state index contributed by atoms with van der Waals surface area (Å²) in [6.07, 6.45) is 16.1. The maximum Gasteiger partial charge on any atom is 0.328 e. The van der Waals surface area contributed by atoms with E-state index in [-0.39, 0.29) is 17.6 Å². The summed E-state index contributed by atoms with van der Waals surface area (Å²) in [5.41, 5.74) is 0. The number of carboxylic acid groups (broad SMARTS) is 1. The third kappa shape index (κ3) is 15.3. The lowest BCUT2D eigenvalue weighted by Gasteiger charge is -2.09. The van der Waals surface area contributed by atoms with Crippen LogP contribution >= 0.6 is 0 Å². The van der Waals surface area contributed by atoms with E-state index in [1.165, 1.54) is 24.3 Å². The topological polar surface area (TPSA) is 98.0 Å². The van der Waals surface area contributed by atoms with Crippen LogP contribution in [-0.4, -0.2) is 32.5 Å². The van der Waals surface area contributed by atoms with Crippen molar-refractivity contribution in [3.05, 3.63) is 48.0 Å². The Balaban J connectivity index is 3.93. The summed E-state index contributed by atoms with van der Waals surface area (Å²) in [6, 6.07) is 0. The van der Waals surface area contributed by atoms with Crippen LogP contribution in [-0.2, 0) is 4.79 Å². The van der Waals surface area contributed by atoms with Crippen LogP contribution in [0.15, 0.2) is 48.0 Å². The van der Waals surface area contributed by atoms with Gasteiger partial charge in [-0.2, -0.15) is 0 Å². The van der Waals surface area contributed by atoms with E-state index in [1.807, 2.05) is 0 Å². The molecule has 0 amide bonds. The Morgan fingerprint density at radius 3 is 2.04 bits per heavy atom. The molecule has 0 bridgehead atoms. The molecule has 0 radical (unpaired) electrons. The summed E-state index contributed by atoms with van der Waals surface area (Å²) < 4.78 is 0. The monoisotopic (exact) mass is 352 g/mol. The molecule has 0 aromatic carbocycles. The SMILES string of the molecule is CCCCCC(O)CCCCC/C(O)=C(O)/C=C/C=C/C=C/C(=O)O. The van der Waals surface area contributed by atoms with Gasteiger partial charge in [-0.1, -0.05) is 63.3 Å². The van der Waals surface area contributed by atoms with Gasteiger partial charge in [-0.05, 0) is 25.3 Å². The summed E-state index contributed by atoms with van der Waals surface area (Å²) in [6.45, 7) is 2.14. The lowest BCUT2D eigenvalue weighted by atomic mass is 10.0. The first kappa shape index (κ1) is 23.0. The lowest BCUT2D eigenvalue weighted by Crippen LogP contribution is -2.05. The van der Waals surface area contributed by atoms with Gasteiger partial charge in [-0.25, -0.2) is 4.79 Å². The quantitative estimate of drug-likeness (QED) is 0.153. The Bertz CT molecular complexity index is 474. The van der Waals surface area contributed by atoms with E-state index >= 15 is 0 Å². The molecule has 0 saturated carbocycles. The molecule has 0 aromatic heterocycles. The van der Waals surface area contributed by atoms with Gasteiger partial charge in [0.15, 0.2) is 5.76 Å². The molecule has 1 unspecified atom stereocenters. The highest BCUT2D eigenvalue weighted by atomic mass is 16.4. The van der Waals surface area contributed by atoms with E-state index in [0.717, 1.165) is 57.4 Å². The zero-order chi connectivity index (χ0) is 18.9. The van der Waals surface area contributed by atoms with Crippen LogP contribution in [0.25, 0.3) is 0 Å². The van der Waals surface area contributed by atoms with Crippen molar-refractivity contribution >= 4 is 5.97 Å². The van der Waals surface area contributed by atoms with E-state index in [4.69, 9.17) is 5.11 Å². The highest BCUT2D eigenvalue weighted by Crippen LogP contribution is 2.14. The predicted molar refractivity (Wildman–Crippen MR) is 101 cm³/mol. The summed E-state index contributed by atoms with van der Waals surface area (Å²) in [5.74, 6) is -1.27. The van der Waals surface area contributed by atoms with Gasteiger partial charge < -0.3 is 20.4 Å². The molecular weight excluding hydrogens is 320 g/mol. The van der Waals surface area contributed by atoms with Crippen molar-refractivity contribution in [2.45, 2.75) is 70.8 Å². The van der Waals surface area contributed by atoms with Crippen LogP contribution in [0.5, 0.6) is 0 Å². The molecular formula is C20H32O5. The fourth-order valence-electron chi connectivity index (χ4n) is 2.26. The molecule has 5 nitrogen and oxygen atoms in total. The predicted octanol–water partition coefficient (Wildman–Crippen LogP) is 4.96. The smallest absolute Gasteiger partial charge is 0.328 e. The van der Waals surface area contributed by atoms with Crippen LogP contribution in [0.3, 0.4) is 0 Å². The maximum absolute atomic E-state index is 10.2. The van der Waals surface area contributed by atoms with Gasteiger partial charge >= 0.3 is 5.97 Å². The Labute approximate surface area is 150 Å². The van der Waals surface area contributed by atoms with Gasteiger partial charge in [-0.3, -0.25) is 0 Å². The number of aliphatic hydroxyl groups is 3. The number of aliphatic carboxylic acids is 1. The van der Waals surface area contributed by atoms with E-state index in [1.54, 1.807) is 6.08 Å². The summed E-state index contributed by atoms with van der Waals surface area (Å²) in [7, 11) is 0. The fourth-order valence-corrected chi connectivity index (χ4v) is 2.26. The fraction of sp³-hybridized carbons (Fsp3) is 0.550. The molecule has 4 N–H and O–H groups in total. The van der Waals surface area contributed by atoms with Crippen molar-refractivity contribution in [3.8, 4) is 0 Å². The standard InChI is InChI=1S/C20H32O5/c1-2-3-7-12-17(21)13-8-6-10-15-19(23)18(22)14-9-4-5-11-16-20(24)25/h4-5,9,11,14,16-17,21-23H,2-3,6-8,10,12-13,15H2,1H3,(H,24,25)/b5-4+,14-9+,16-11+,19-18+. The van der Waals surface area contributed by atoms with E-state index in [9.17, 15) is 20.1 Å². The zero-order valence-corrected chi connectivity index (χ0v) is 15.1. The molecule has 1 atom stereocenters. The molecule has 5 heteroatoms. The number of allylic oxidation sites excluding steroid dienone is 6. The Hall–Kier alpha value is -2.01. The average molecular weight is 352 g/mol. The Morgan fingerprint density at radius 2 is 1.44 bits per heavy atom. The molecule has 0 fully saturated rings.